The average molecular weight is 348 g/mol. The second kappa shape index (κ2) is 6.48. The van der Waals surface area contributed by atoms with Crippen molar-refractivity contribution in [3.05, 3.63) is 22.4 Å². The quantitative estimate of drug-likeness (QED) is 0.907. The number of carbonyl (C=O) groups excluding carboxylic acids is 2. The summed E-state index contributed by atoms with van der Waals surface area (Å²) in [6.45, 7) is 3.37. The van der Waals surface area contributed by atoms with Crippen LogP contribution in [0.15, 0.2) is 16.8 Å². The van der Waals surface area contributed by atoms with E-state index in [1.807, 2.05) is 21.7 Å². The Morgan fingerprint density at radius 2 is 2.12 bits per heavy atom. The SMILES string of the molecule is O=C(NCC1CC1)[C@@H]1CN(C(=O)c2ccsc2)CC12CCOCC2. The molecule has 0 bridgehead atoms. The van der Waals surface area contributed by atoms with E-state index in [0.29, 0.717) is 32.2 Å². The van der Waals surface area contributed by atoms with Crippen LogP contribution in [0.5, 0.6) is 0 Å². The Morgan fingerprint density at radius 3 is 2.79 bits per heavy atom. The first-order chi connectivity index (χ1) is 11.7. The summed E-state index contributed by atoms with van der Waals surface area (Å²) in [7, 11) is 0. The van der Waals surface area contributed by atoms with Crippen LogP contribution in [-0.2, 0) is 9.53 Å². The van der Waals surface area contributed by atoms with Crippen LogP contribution in [0.3, 0.4) is 0 Å². The first kappa shape index (κ1) is 16.1. The Hall–Kier alpha value is -1.40. The molecule has 1 saturated carbocycles. The van der Waals surface area contributed by atoms with Gasteiger partial charge in [0.2, 0.25) is 5.91 Å². The third-order valence-corrected chi connectivity index (χ3v) is 6.45. The largest absolute Gasteiger partial charge is 0.381 e. The maximum atomic E-state index is 12.8. The van der Waals surface area contributed by atoms with Crippen LogP contribution >= 0.6 is 11.3 Å². The zero-order valence-corrected chi connectivity index (χ0v) is 14.6. The van der Waals surface area contributed by atoms with Gasteiger partial charge in [0, 0.05) is 43.6 Å². The number of thiophene rings is 1. The van der Waals surface area contributed by atoms with Gasteiger partial charge in [0.1, 0.15) is 0 Å². The van der Waals surface area contributed by atoms with E-state index < -0.39 is 0 Å². The number of carbonyl (C=O) groups is 2. The van der Waals surface area contributed by atoms with Gasteiger partial charge in [-0.15, -0.1) is 0 Å². The highest BCUT2D eigenvalue weighted by Crippen LogP contribution is 2.45. The lowest BCUT2D eigenvalue weighted by atomic mass is 9.71. The van der Waals surface area contributed by atoms with E-state index >= 15 is 0 Å². The van der Waals surface area contributed by atoms with Crippen LogP contribution in [0.4, 0.5) is 0 Å². The van der Waals surface area contributed by atoms with Crippen molar-refractivity contribution in [2.24, 2.45) is 17.3 Å². The van der Waals surface area contributed by atoms with Crippen LogP contribution in [0.2, 0.25) is 0 Å². The number of rotatable bonds is 4. The van der Waals surface area contributed by atoms with Gasteiger partial charge in [-0.05, 0) is 43.0 Å². The minimum Gasteiger partial charge on any atom is -0.381 e. The van der Waals surface area contributed by atoms with Gasteiger partial charge in [0.15, 0.2) is 0 Å². The molecule has 0 unspecified atom stereocenters. The van der Waals surface area contributed by atoms with Crippen LogP contribution in [0, 0.1) is 17.3 Å². The van der Waals surface area contributed by atoms with Gasteiger partial charge >= 0.3 is 0 Å². The number of likely N-dealkylation sites (tertiary alicyclic amines) is 1. The normalized spacial score (nSPS) is 25.8. The molecule has 1 atom stereocenters. The van der Waals surface area contributed by atoms with Crippen LogP contribution in [0.25, 0.3) is 0 Å². The van der Waals surface area contributed by atoms with Gasteiger partial charge in [-0.2, -0.15) is 11.3 Å². The molecule has 2 amide bonds. The van der Waals surface area contributed by atoms with Crippen molar-refractivity contribution in [2.45, 2.75) is 25.7 Å². The van der Waals surface area contributed by atoms with Gasteiger partial charge < -0.3 is 15.0 Å². The maximum Gasteiger partial charge on any atom is 0.254 e. The molecular weight excluding hydrogens is 324 g/mol. The van der Waals surface area contributed by atoms with Gasteiger partial charge in [0.25, 0.3) is 5.91 Å². The van der Waals surface area contributed by atoms with Crippen molar-refractivity contribution >= 4 is 23.2 Å². The molecule has 2 aliphatic heterocycles. The molecule has 3 heterocycles. The summed E-state index contributed by atoms with van der Waals surface area (Å²) < 4.78 is 5.53. The van der Waals surface area contributed by atoms with Crippen molar-refractivity contribution in [3.63, 3.8) is 0 Å². The fraction of sp³-hybridized carbons (Fsp3) is 0.667. The summed E-state index contributed by atoms with van der Waals surface area (Å²) in [6, 6.07) is 1.87. The predicted octanol–water partition coefficient (Wildman–Crippen LogP) is 2.14. The zero-order valence-electron chi connectivity index (χ0n) is 13.8. The Morgan fingerprint density at radius 1 is 1.33 bits per heavy atom. The Kier molecular flexibility index (Phi) is 4.35. The maximum absolute atomic E-state index is 12.8. The molecular formula is C18H24N2O3S. The molecule has 5 nitrogen and oxygen atoms in total. The Balaban J connectivity index is 1.50. The second-order valence-electron chi connectivity index (χ2n) is 7.41. The summed E-state index contributed by atoms with van der Waals surface area (Å²) in [6.07, 6.45) is 4.18. The lowest BCUT2D eigenvalue weighted by Gasteiger charge is -2.37. The number of ether oxygens (including phenoxy) is 1. The van der Waals surface area contributed by atoms with Crippen LogP contribution in [-0.4, -0.2) is 49.6 Å². The lowest BCUT2D eigenvalue weighted by molar-refractivity contribution is -0.129. The van der Waals surface area contributed by atoms with E-state index in [0.717, 1.165) is 24.9 Å². The topological polar surface area (TPSA) is 58.6 Å². The fourth-order valence-electron chi connectivity index (χ4n) is 4.03. The molecule has 0 radical (unpaired) electrons. The highest BCUT2D eigenvalue weighted by atomic mass is 32.1. The first-order valence-corrected chi connectivity index (χ1v) is 9.79. The molecule has 2 saturated heterocycles. The van der Waals surface area contributed by atoms with Crippen LogP contribution in [0.1, 0.15) is 36.0 Å². The summed E-state index contributed by atoms with van der Waals surface area (Å²) in [5, 5.41) is 6.95. The summed E-state index contributed by atoms with van der Waals surface area (Å²) in [4.78, 5) is 27.4. The minimum atomic E-state index is -0.114. The number of nitrogens with zero attached hydrogens (tertiary/aromatic N) is 1. The minimum absolute atomic E-state index is 0.0552. The van der Waals surface area contributed by atoms with Crippen molar-refractivity contribution in [2.75, 3.05) is 32.8 Å². The summed E-state index contributed by atoms with van der Waals surface area (Å²) >= 11 is 1.53. The number of hydrogen-bond acceptors (Lipinski definition) is 4. The van der Waals surface area contributed by atoms with Crippen molar-refractivity contribution in [1.29, 1.82) is 0 Å². The number of amides is 2. The third-order valence-electron chi connectivity index (χ3n) is 5.77. The van der Waals surface area contributed by atoms with E-state index in [4.69, 9.17) is 4.74 Å². The molecule has 1 aromatic heterocycles. The van der Waals surface area contributed by atoms with Gasteiger partial charge in [-0.25, -0.2) is 0 Å². The number of nitrogens with one attached hydrogen (secondary N) is 1. The van der Waals surface area contributed by atoms with E-state index in [-0.39, 0.29) is 23.1 Å². The predicted molar refractivity (Wildman–Crippen MR) is 91.9 cm³/mol. The molecule has 1 spiro atoms. The lowest BCUT2D eigenvalue weighted by Crippen LogP contribution is -2.44. The Labute approximate surface area is 146 Å². The standard InChI is InChI=1S/C18H24N2O3S/c21-16(19-9-13-1-2-13)15-10-20(17(22)14-3-8-24-11-14)12-18(15)4-6-23-7-5-18/h3,8,11,13,15H,1-2,4-7,9-10,12H2,(H,19,21)/t15-/m0/s1. The van der Waals surface area contributed by atoms with E-state index in [1.54, 1.807) is 0 Å². The highest BCUT2D eigenvalue weighted by Gasteiger charge is 2.51. The van der Waals surface area contributed by atoms with Gasteiger partial charge in [-0.3, -0.25) is 9.59 Å². The number of hydrogen-bond donors (Lipinski definition) is 1. The monoisotopic (exact) mass is 348 g/mol. The molecule has 4 rings (SSSR count). The van der Waals surface area contributed by atoms with Gasteiger partial charge in [0.05, 0.1) is 11.5 Å². The van der Waals surface area contributed by atoms with Crippen molar-refractivity contribution < 1.29 is 14.3 Å². The third kappa shape index (κ3) is 3.09. The summed E-state index contributed by atoms with van der Waals surface area (Å²) in [5.74, 6) is 0.747. The molecule has 3 aliphatic rings. The molecule has 3 fully saturated rings. The van der Waals surface area contributed by atoms with E-state index in [1.165, 1.54) is 24.2 Å². The molecule has 1 aliphatic carbocycles. The Bertz CT molecular complexity index is 606. The first-order valence-electron chi connectivity index (χ1n) is 8.85. The van der Waals surface area contributed by atoms with E-state index in [2.05, 4.69) is 5.32 Å². The molecule has 1 aromatic rings. The summed E-state index contributed by atoms with van der Waals surface area (Å²) in [5.41, 5.74) is 0.624. The van der Waals surface area contributed by atoms with Crippen molar-refractivity contribution in [3.8, 4) is 0 Å². The van der Waals surface area contributed by atoms with E-state index in [9.17, 15) is 9.59 Å². The van der Waals surface area contributed by atoms with Crippen LogP contribution < -0.4 is 5.32 Å². The average Bonchev–Trinajstić information content (AvgIpc) is 3.13. The zero-order chi connectivity index (χ0) is 16.6. The fourth-order valence-corrected chi connectivity index (χ4v) is 4.66. The molecule has 1 N–H and O–H groups in total. The smallest absolute Gasteiger partial charge is 0.254 e. The highest BCUT2D eigenvalue weighted by molar-refractivity contribution is 7.08. The molecule has 0 aromatic carbocycles. The van der Waals surface area contributed by atoms with Gasteiger partial charge in [-0.1, -0.05) is 0 Å². The molecule has 6 heteroatoms. The van der Waals surface area contributed by atoms with Crippen molar-refractivity contribution in [1.82, 2.24) is 10.2 Å². The second-order valence-corrected chi connectivity index (χ2v) is 8.19. The molecule has 130 valence electrons. The molecule has 24 heavy (non-hydrogen) atoms.